The maximum Gasteiger partial charge on any atom is 0.135 e. The van der Waals surface area contributed by atoms with Gasteiger partial charge in [-0.05, 0) is 22.4 Å². The van der Waals surface area contributed by atoms with E-state index in [1.165, 1.54) is 5.56 Å². The molecule has 0 spiro atoms. The normalized spacial score (nSPS) is 19.7. The highest BCUT2D eigenvalue weighted by Gasteiger charge is 2.22. The number of nitrogens with zero attached hydrogens (tertiary/aromatic N) is 2. The first-order chi connectivity index (χ1) is 7.86. The Labute approximate surface area is 97.7 Å². The Balaban J connectivity index is 1.85. The minimum atomic E-state index is 0.151. The van der Waals surface area contributed by atoms with E-state index in [-0.39, 0.29) is 6.10 Å². The summed E-state index contributed by atoms with van der Waals surface area (Å²) in [5.74, 6) is 0.979. The Kier molecular flexibility index (Phi) is 2.51. The molecule has 1 aliphatic heterocycles. The summed E-state index contributed by atoms with van der Waals surface area (Å²) in [6.45, 7) is 1.89. The average Bonchev–Trinajstić information content (AvgIpc) is 2.96. The van der Waals surface area contributed by atoms with Gasteiger partial charge in [-0.3, -0.25) is 0 Å². The second-order valence-corrected chi connectivity index (χ2v) is 4.64. The molecule has 16 heavy (non-hydrogen) atoms. The maximum absolute atomic E-state index is 5.79. The summed E-state index contributed by atoms with van der Waals surface area (Å²) in [5.41, 5.74) is 7.76. The lowest BCUT2D eigenvalue weighted by Crippen LogP contribution is -2.20. The zero-order valence-electron chi connectivity index (χ0n) is 8.80. The lowest BCUT2D eigenvalue weighted by Gasteiger charge is -2.23. The van der Waals surface area contributed by atoms with Gasteiger partial charge in [0.05, 0.1) is 12.2 Å². The maximum atomic E-state index is 5.79. The van der Waals surface area contributed by atoms with E-state index in [1.54, 1.807) is 11.3 Å². The number of hydrogen-bond acceptors (Lipinski definition) is 4. The van der Waals surface area contributed by atoms with Gasteiger partial charge in [0, 0.05) is 12.7 Å². The van der Waals surface area contributed by atoms with Crippen LogP contribution in [-0.2, 0) is 24.4 Å². The Morgan fingerprint density at radius 2 is 2.56 bits per heavy atom. The number of nitrogens with two attached hydrogens (primary N) is 1. The fourth-order valence-corrected chi connectivity index (χ4v) is 2.65. The molecule has 0 radical (unpaired) electrons. The molecular formula is C11H13N3OS. The smallest absolute Gasteiger partial charge is 0.135 e. The third-order valence-electron chi connectivity index (χ3n) is 2.81. The van der Waals surface area contributed by atoms with Crippen LogP contribution in [0.15, 0.2) is 23.0 Å². The van der Waals surface area contributed by atoms with E-state index in [1.807, 2.05) is 6.20 Å². The lowest BCUT2D eigenvalue weighted by molar-refractivity contribution is 0.000734. The number of aromatic nitrogens is 2. The van der Waals surface area contributed by atoms with E-state index in [9.17, 15) is 0 Å². The molecule has 0 aliphatic carbocycles. The van der Waals surface area contributed by atoms with E-state index in [0.29, 0.717) is 13.2 Å². The largest absolute Gasteiger partial charge is 0.364 e. The van der Waals surface area contributed by atoms with Gasteiger partial charge < -0.3 is 15.0 Å². The molecule has 0 bridgehead atoms. The van der Waals surface area contributed by atoms with Crippen LogP contribution in [0.3, 0.4) is 0 Å². The minimum absolute atomic E-state index is 0.151. The lowest BCUT2D eigenvalue weighted by atomic mass is 10.2. The third-order valence-corrected chi connectivity index (χ3v) is 3.51. The first-order valence-electron chi connectivity index (χ1n) is 5.25. The van der Waals surface area contributed by atoms with E-state index in [0.717, 1.165) is 18.1 Å². The molecule has 2 aromatic heterocycles. The van der Waals surface area contributed by atoms with Gasteiger partial charge in [0.2, 0.25) is 0 Å². The van der Waals surface area contributed by atoms with Crippen molar-refractivity contribution in [3.63, 3.8) is 0 Å². The van der Waals surface area contributed by atoms with Gasteiger partial charge in [0.1, 0.15) is 18.5 Å². The average molecular weight is 235 g/mol. The van der Waals surface area contributed by atoms with Crippen molar-refractivity contribution in [2.75, 3.05) is 0 Å². The Hall–Kier alpha value is -1.17. The number of fused-ring (bicyclic) bond motifs is 1. The van der Waals surface area contributed by atoms with Gasteiger partial charge in [0.15, 0.2) is 0 Å². The monoisotopic (exact) mass is 235 g/mol. The van der Waals surface area contributed by atoms with Gasteiger partial charge in [0.25, 0.3) is 0 Å². The highest BCUT2D eigenvalue weighted by Crippen LogP contribution is 2.27. The molecule has 0 amide bonds. The van der Waals surface area contributed by atoms with Gasteiger partial charge in [-0.2, -0.15) is 11.3 Å². The van der Waals surface area contributed by atoms with Crippen molar-refractivity contribution in [3.05, 3.63) is 40.1 Å². The fraction of sp³-hybridized carbons (Fsp3) is 0.364. The van der Waals surface area contributed by atoms with Crippen LogP contribution in [0.1, 0.15) is 23.2 Å². The van der Waals surface area contributed by atoms with Crippen LogP contribution in [0.5, 0.6) is 0 Å². The summed E-state index contributed by atoms with van der Waals surface area (Å²) >= 11 is 1.70. The number of rotatable bonds is 2. The van der Waals surface area contributed by atoms with Crippen LogP contribution < -0.4 is 5.73 Å². The van der Waals surface area contributed by atoms with Crippen molar-refractivity contribution in [2.45, 2.75) is 25.8 Å². The van der Waals surface area contributed by atoms with Gasteiger partial charge in [-0.25, -0.2) is 4.98 Å². The molecule has 0 saturated carbocycles. The van der Waals surface area contributed by atoms with E-state index in [4.69, 9.17) is 10.5 Å². The molecule has 84 valence electrons. The number of ether oxygens (including phenoxy) is 1. The number of thiophene rings is 1. The number of hydrogen-bond donors (Lipinski definition) is 1. The Morgan fingerprint density at radius 1 is 1.62 bits per heavy atom. The summed E-state index contributed by atoms with van der Waals surface area (Å²) in [4.78, 5) is 4.40. The van der Waals surface area contributed by atoms with Crippen LogP contribution in [0.4, 0.5) is 0 Å². The summed E-state index contributed by atoms with van der Waals surface area (Å²) < 4.78 is 7.94. The first kappa shape index (κ1) is 10.0. The Morgan fingerprint density at radius 3 is 3.31 bits per heavy atom. The molecule has 0 fully saturated rings. The third kappa shape index (κ3) is 1.67. The van der Waals surface area contributed by atoms with Crippen LogP contribution >= 0.6 is 11.3 Å². The molecule has 2 N–H and O–H groups in total. The molecule has 5 heteroatoms. The molecule has 2 aromatic rings. The molecular weight excluding hydrogens is 222 g/mol. The van der Waals surface area contributed by atoms with Crippen molar-refractivity contribution < 1.29 is 4.74 Å². The minimum Gasteiger partial charge on any atom is -0.364 e. The zero-order valence-corrected chi connectivity index (χ0v) is 9.61. The molecule has 0 unspecified atom stereocenters. The highest BCUT2D eigenvalue weighted by atomic mass is 32.1. The predicted octanol–water partition coefficient (Wildman–Crippen LogP) is 1.67. The first-order valence-corrected chi connectivity index (χ1v) is 6.20. The van der Waals surface area contributed by atoms with E-state index < -0.39 is 0 Å². The summed E-state index contributed by atoms with van der Waals surface area (Å²) in [6, 6.07) is 2.11. The van der Waals surface area contributed by atoms with E-state index >= 15 is 0 Å². The second-order valence-electron chi connectivity index (χ2n) is 3.86. The van der Waals surface area contributed by atoms with Gasteiger partial charge in [-0.15, -0.1) is 0 Å². The zero-order chi connectivity index (χ0) is 11.0. The molecule has 4 nitrogen and oxygen atoms in total. The summed E-state index contributed by atoms with van der Waals surface area (Å²) in [5, 5.41) is 4.21. The molecule has 3 heterocycles. The molecule has 1 aliphatic rings. The number of imidazole rings is 1. The van der Waals surface area contributed by atoms with Crippen LogP contribution in [0, 0.1) is 0 Å². The van der Waals surface area contributed by atoms with Crippen LogP contribution in [0.25, 0.3) is 0 Å². The molecule has 1 atom stereocenters. The molecule has 3 rings (SSSR count). The van der Waals surface area contributed by atoms with Gasteiger partial charge in [-0.1, -0.05) is 0 Å². The van der Waals surface area contributed by atoms with Crippen molar-refractivity contribution in [3.8, 4) is 0 Å². The van der Waals surface area contributed by atoms with Crippen molar-refractivity contribution in [2.24, 2.45) is 5.73 Å². The summed E-state index contributed by atoms with van der Waals surface area (Å²) in [7, 11) is 0. The topological polar surface area (TPSA) is 53.1 Å². The highest BCUT2D eigenvalue weighted by molar-refractivity contribution is 7.07. The predicted molar refractivity (Wildman–Crippen MR) is 62.0 cm³/mol. The summed E-state index contributed by atoms with van der Waals surface area (Å²) in [6.07, 6.45) is 2.18. The Bertz CT molecular complexity index is 477. The van der Waals surface area contributed by atoms with E-state index in [2.05, 4.69) is 26.4 Å². The SMILES string of the molecule is NCc1cn2c(n1)CO[C@H](c1ccsc1)C2. The second kappa shape index (κ2) is 4.01. The quantitative estimate of drug-likeness (QED) is 0.861. The molecule has 0 saturated heterocycles. The van der Waals surface area contributed by atoms with Crippen LogP contribution in [-0.4, -0.2) is 9.55 Å². The van der Waals surface area contributed by atoms with Gasteiger partial charge >= 0.3 is 0 Å². The standard InChI is InChI=1S/C11H13N3OS/c12-3-9-4-14-5-10(8-1-2-16-7-8)15-6-11(14)13-9/h1-2,4,7,10H,3,5-6,12H2/t10-/m0/s1. The fourth-order valence-electron chi connectivity index (χ4n) is 1.95. The van der Waals surface area contributed by atoms with Crippen molar-refractivity contribution in [1.82, 2.24) is 9.55 Å². The van der Waals surface area contributed by atoms with Crippen molar-refractivity contribution >= 4 is 11.3 Å². The van der Waals surface area contributed by atoms with Crippen LogP contribution in [0.2, 0.25) is 0 Å². The van der Waals surface area contributed by atoms with Crippen molar-refractivity contribution in [1.29, 1.82) is 0 Å². The molecule has 0 aromatic carbocycles.